The number of fused-ring (bicyclic) bond motifs is 1. The van der Waals surface area contributed by atoms with Crippen LogP contribution in [0.2, 0.25) is 5.02 Å². The number of benzene rings is 2. The summed E-state index contributed by atoms with van der Waals surface area (Å²) in [5.41, 5.74) is 1.50. The van der Waals surface area contributed by atoms with Gasteiger partial charge in [0.2, 0.25) is 0 Å². The number of halogens is 1. The molecule has 0 aliphatic carbocycles. The molecule has 0 saturated heterocycles. The molecule has 0 amide bonds. The van der Waals surface area contributed by atoms with Crippen molar-refractivity contribution in [1.29, 1.82) is 5.26 Å². The van der Waals surface area contributed by atoms with Crippen LogP contribution >= 0.6 is 11.6 Å². The lowest BCUT2D eigenvalue weighted by Crippen LogP contribution is -1.85. The van der Waals surface area contributed by atoms with Crippen molar-refractivity contribution in [3.05, 3.63) is 46.5 Å². The summed E-state index contributed by atoms with van der Waals surface area (Å²) in [4.78, 5) is 0. The van der Waals surface area contributed by atoms with Crippen LogP contribution in [-0.2, 0) is 0 Å². The molecule has 0 aliphatic rings. The average molecular weight is 202 g/mol. The van der Waals surface area contributed by atoms with Crippen LogP contribution in [0.5, 0.6) is 0 Å². The molecule has 0 aromatic heterocycles. The van der Waals surface area contributed by atoms with E-state index in [1.54, 1.807) is 0 Å². The molecule has 14 heavy (non-hydrogen) atoms. The van der Waals surface area contributed by atoms with Crippen molar-refractivity contribution in [2.75, 3.05) is 0 Å². The zero-order valence-corrected chi connectivity index (χ0v) is 8.47. The minimum Gasteiger partial charge on any atom is -0.192 e. The summed E-state index contributed by atoms with van der Waals surface area (Å²) in [7, 11) is 0. The molecular formula is C12H8ClN. The zero-order valence-electron chi connectivity index (χ0n) is 7.71. The van der Waals surface area contributed by atoms with Crippen LogP contribution in [0.4, 0.5) is 0 Å². The fraction of sp³-hybridized carbons (Fsp3) is 0.0833. The van der Waals surface area contributed by atoms with Gasteiger partial charge < -0.3 is 0 Å². The monoisotopic (exact) mass is 201 g/mol. The molecule has 0 fully saturated rings. The molecular weight excluding hydrogens is 194 g/mol. The van der Waals surface area contributed by atoms with Crippen LogP contribution in [0.15, 0.2) is 30.3 Å². The minimum absolute atomic E-state index is 0.647. The fourth-order valence-corrected chi connectivity index (χ4v) is 1.80. The Balaban J connectivity index is 2.94. The van der Waals surface area contributed by atoms with E-state index in [1.807, 2.05) is 37.3 Å². The van der Waals surface area contributed by atoms with Gasteiger partial charge in [0.05, 0.1) is 16.7 Å². The molecule has 0 bridgehead atoms. The molecule has 2 rings (SSSR count). The first-order chi connectivity index (χ1) is 6.74. The molecule has 68 valence electrons. The summed E-state index contributed by atoms with van der Waals surface area (Å²) >= 11 is 6.16. The quantitative estimate of drug-likeness (QED) is 0.638. The molecule has 0 heterocycles. The highest BCUT2D eigenvalue weighted by Crippen LogP contribution is 2.29. The molecule has 2 heteroatoms. The Kier molecular flexibility index (Phi) is 2.15. The molecule has 1 nitrogen and oxygen atoms in total. The summed E-state index contributed by atoms with van der Waals surface area (Å²) in [6.07, 6.45) is 0. The van der Waals surface area contributed by atoms with Gasteiger partial charge in [0.1, 0.15) is 0 Å². The van der Waals surface area contributed by atoms with Gasteiger partial charge >= 0.3 is 0 Å². The summed E-state index contributed by atoms with van der Waals surface area (Å²) in [6, 6.07) is 11.8. The predicted molar refractivity (Wildman–Crippen MR) is 58.4 cm³/mol. The maximum absolute atomic E-state index is 8.89. The first-order valence-corrected chi connectivity index (χ1v) is 4.70. The number of hydrogen-bond donors (Lipinski definition) is 0. The second-order valence-corrected chi connectivity index (χ2v) is 3.57. The van der Waals surface area contributed by atoms with Crippen molar-refractivity contribution < 1.29 is 0 Å². The Morgan fingerprint density at radius 2 is 2.00 bits per heavy atom. The Morgan fingerprint density at radius 3 is 2.71 bits per heavy atom. The van der Waals surface area contributed by atoms with Crippen LogP contribution < -0.4 is 0 Å². The number of hydrogen-bond acceptors (Lipinski definition) is 1. The summed E-state index contributed by atoms with van der Waals surface area (Å²) in [6.45, 7) is 1.87. The van der Waals surface area contributed by atoms with Crippen LogP contribution in [0.3, 0.4) is 0 Å². The first kappa shape index (κ1) is 9.05. The van der Waals surface area contributed by atoms with Gasteiger partial charge in [-0.3, -0.25) is 0 Å². The standard InChI is InChI=1S/C12H8ClN/c1-8-10(7-14)6-9-4-2-3-5-11(9)12(8)13/h2-6H,1H3. The van der Waals surface area contributed by atoms with Gasteiger partial charge in [0.15, 0.2) is 0 Å². The SMILES string of the molecule is Cc1c(C#N)cc2ccccc2c1Cl. The second-order valence-electron chi connectivity index (χ2n) is 3.20. The summed E-state index contributed by atoms with van der Waals surface area (Å²) in [5, 5.41) is 11.6. The maximum Gasteiger partial charge on any atom is 0.0995 e. The zero-order chi connectivity index (χ0) is 10.1. The average Bonchev–Trinajstić information content (AvgIpc) is 2.23. The minimum atomic E-state index is 0.647. The van der Waals surface area contributed by atoms with Crippen molar-refractivity contribution >= 4 is 22.4 Å². The molecule has 0 N–H and O–H groups in total. The fourth-order valence-electron chi connectivity index (χ4n) is 1.52. The van der Waals surface area contributed by atoms with Gasteiger partial charge in [0.25, 0.3) is 0 Å². The molecule has 0 aliphatic heterocycles. The Bertz CT molecular complexity index is 538. The van der Waals surface area contributed by atoms with E-state index in [0.29, 0.717) is 10.6 Å². The van der Waals surface area contributed by atoms with Crippen molar-refractivity contribution in [2.24, 2.45) is 0 Å². The van der Waals surface area contributed by atoms with E-state index in [9.17, 15) is 0 Å². The van der Waals surface area contributed by atoms with Crippen molar-refractivity contribution in [3.63, 3.8) is 0 Å². The summed E-state index contributed by atoms with van der Waals surface area (Å²) in [5.74, 6) is 0. The third-order valence-corrected chi connectivity index (χ3v) is 2.84. The first-order valence-electron chi connectivity index (χ1n) is 4.32. The number of nitrogens with zero attached hydrogens (tertiary/aromatic N) is 1. The lowest BCUT2D eigenvalue weighted by atomic mass is 10.0. The highest BCUT2D eigenvalue weighted by Gasteiger charge is 2.06. The van der Waals surface area contributed by atoms with Gasteiger partial charge in [-0.1, -0.05) is 35.9 Å². The summed E-state index contributed by atoms with van der Waals surface area (Å²) < 4.78 is 0. The van der Waals surface area contributed by atoms with Crippen molar-refractivity contribution in [1.82, 2.24) is 0 Å². The Hall–Kier alpha value is -1.52. The van der Waals surface area contributed by atoms with Gasteiger partial charge in [-0.15, -0.1) is 0 Å². The normalized spacial score (nSPS) is 10.1. The van der Waals surface area contributed by atoms with E-state index in [4.69, 9.17) is 16.9 Å². The number of rotatable bonds is 0. The van der Waals surface area contributed by atoms with Crippen LogP contribution in [0, 0.1) is 18.3 Å². The van der Waals surface area contributed by atoms with Crippen molar-refractivity contribution in [2.45, 2.75) is 6.92 Å². The van der Waals surface area contributed by atoms with Gasteiger partial charge in [0, 0.05) is 5.39 Å². The largest absolute Gasteiger partial charge is 0.192 e. The molecule has 0 unspecified atom stereocenters. The lowest BCUT2D eigenvalue weighted by Gasteiger charge is -2.05. The van der Waals surface area contributed by atoms with E-state index in [1.165, 1.54) is 0 Å². The lowest BCUT2D eigenvalue weighted by molar-refractivity contribution is 1.41. The molecule has 0 atom stereocenters. The van der Waals surface area contributed by atoms with E-state index in [-0.39, 0.29) is 0 Å². The van der Waals surface area contributed by atoms with Gasteiger partial charge in [-0.25, -0.2) is 0 Å². The second kappa shape index (κ2) is 3.32. The van der Waals surface area contributed by atoms with E-state index < -0.39 is 0 Å². The topological polar surface area (TPSA) is 23.8 Å². The molecule has 0 saturated carbocycles. The van der Waals surface area contributed by atoms with E-state index in [0.717, 1.165) is 16.3 Å². The van der Waals surface area contributed by atoms with E-state index in [2.05, 4.69) is 6.07 Å². The van der Waals surface area contributed by atoms with E-state index >= 15 is 0 Å². The Morgan fingerprint density at radius 1 is 1.29 bits per heavy atom. The highest BCUT2D eigenvalue weighted by molar-refractivity contribution is 6.36. The molecule has 2 aromatic carbocycles. The van der Waals surface area contributed by atoms with Gasteiger partial charge in [-0.05, 0) is 23.9 Å². The third kappa shape index (κ3) is 1.25. The van der Waals surface area contributed by atoms with Crippen LogP contribution in [0.25, 0.3) is 10.8 Å². The Labute approximate surface area is 87.5 Å². The molecule has 0 radical (unpaired) electrons. The molecule has 2 aromatic rings. The molecule has 0 spiro atoms. The van der Waals surface area contributed by atoms with Gasteiger partial charge in [-0.2, -0.15) is 5.26 Å². The van der Waals surface area contributed by atoms with Crippen molar-refractivity contribution in [3.8, 4) is 6.07 Å². The smallest absolute Gasteiger partial charge is 0.0995 e. The highest BCUT2D eigenvalue weighted by atomic mass is 35.5. The van der Waals surface area contributed by atoms with Crippen LogP contribution in [0.1, 0.15) is 11.1 Å². The van der Waals surface area contributed by atoms with Crippen LogP contribution in [-0.4, -0.2) is 0 Å². The third-order valence-electron chi connectivity index (χ3n) is 2.35. The predicted octanol–water partition coefficient (Wildman–Crippen LogP) is 3.67. The number of nitriles is 1. The maximum atomic E-state index is 8.89.